The van der Waals surface area contributed by atoms with Crippen LogP contribution in [0, 0.1) is 5.92 Å². The minimum Gasteiger partial charge on any atom is -0.352 e. The standard InChI is InChI=1S/C16H22N2O.ClH/c1-11(8-12-6-7-12)18-16(19)15-9-13-4-2-3-5-14(13)10-17-15;/h2-5,11-12,15,17H,6-10H2,1H3,(H,18,19);1H. The van der Waals surface area contributed by atoms with E-state index in [0.29, 0.717) is 6.04 Å². The fraction of sp³-hybridized carbons (Fsp3) is 0.562. The zero-order valence-corrected chi connectivity index (χ0v) is 12.7. The first-order valence-electron chi connectivity index (χ1n) is 7.33. The lowest BCUT2D eigenvalue weighted by atomic mass is 9.95. The highest BCUT2D eigenvalue weighted by Crippen LogP contribution is 2.33. The molecule has 1 aliphatic carbocycles. The predicted octanol–water partition coefficient (Wildman–Crippen LogP) is 2.43. The van der Waals surface area contributed by atoms with E-state index < -0.39 is 0 Å². The summed E-state index contributed by atoms with van der Waals surface area (Å²) in [6.45, 7) is 2.91. The summed E-state index contributed by atoms with van der Waals surface area (Å²) < 4.78 is 0. The molecule has 1 aromatic carbocycles. The van der Waals surface area contributed by atoms with E-state index in [1.807, 2.05) is 0 Å². The Bertz CT molecular complexity index is 473. The summed E-state index contributed by atoms with van der Waals surface area (Å²) in [4.78, 5) is 12.2. The van der Waals surface area contributed by atoms with E-state index in [1.54, 1.807) is 0 Å². The van der Waals surface area contributed by atoms with Crippen LogP contribution in [0.3, 0.4) is 0 Å². The molecule has 1 heterocycles. The molecule has 1 saturated carbocycles. The number of benzene rings is 1. The Morgan fingerprint density at radius 3 is 2.75 bits per heavy atom. The summed E-state index contributed by atoms with van der Waals surface area (Å²) in [5.41, 5.74) is 2.62. The van der Waals surface area contributed by atoms with Crippen LogP contribution in [-0.4, -0.2) is 18.0 Å². The average molecular weight is 295 g/mol. The molecule has 2 aliphatic rings. The highest BCUT2D eigenvalue weighted by Gasteiger charge is 2.27. The minimum atomic E-state index is -0.0726. The highest BCUT2D eigenvalue weighted by molar-refractivity contribution is 5.85. The van der Waals surface area contributed by atoms with Gasteiger partial charge in [-0.05, 0) is 36.8 Å². The molecule has 110 valence electrons. The molecule has 3 rings (SSSR count). The Balaban J connectivity index is 0.00000147. The molecule has 1 amide bonds. The quantitative estimate of drug-likeness (QED) is 0.895. The van der Waals surface area contributed by atoms with Crippen LogP contribution in [0.5, 0.6) is 0 Å². The molecule has 0 bridgehead atoms. The van der Waals surface area contributed by atoms with Gasteiger partial charge in [-0.15, -0.1) is 12.4 Å². The molecule has 4 heteroatoms. The van der Waals surface area contributed by atoms with Crippen LogP contribution in [0.1, 0.15) is 37.3 Å². The Hall–Kier alpha value is -1.06. The van der Waals surface area contributed by atoms with Crippen molar-refractivity contribution in [3.05, 3.63) is 35.4 Å². The highest BCUT2D eigenvalue weighted by atomic mass is 35.5. The zero-order chi connectivity index (χ0) is 13.2. The van der Waals surface area contributed by atoms with E-state index in [9.17, 15) is 4.79 Å². The lowest BCUT2D eigenvalue weighted by molar-refractivity contribution is -0.124. The fourth-order valence-electron chi connectivity index (χ4n) is 2.90. The summed E-state index contributed by atoms with van der Waals surface area (Å²) in [7, 11) is 0. The van der Waals surface area contributed by atoms with E-state index >= 15 is 0 Å². The lowest BCUT2D eigenvalue weighted by Crippen LogP contribution is -2.49. The van der Waals surface area contributed by atoms with Crippen LogP contribution >= 0.6 is 12.4 Å². The van der Waals surface area contributed by atoms with Gasteiger partial charge in [-0.2, -0.15) is 0 Å². The number of hydrogen-bond acceptors (Lipinski definition) is 2. The minimum absolute atomic E-state index is 0. The van der Waals surface area contributed by atoms with Crippen molar-refractivity contribution in [2.24, 2.45) is 5.92 Å². The second-order valence-electron chi connectivity index (χ2n) is 6.00. The van der Waals surface area contributed by atoms with Crippen molar-refractivity contribution in [2.45, 2.75) is 51.2 Å². The summed E-state index contributed by atoms with van der Waals surface area (Å²) in [5, 5.41) is 6.49. The molecule has 3 nitrogen and oxygen atoms in total. The van der Waals surface area contributed by atoms with Crippen molar-refractivity contribution in [1.82, 2.24) is 10.6 Å². The first kappa shape index (κ1) is 15.3. The molecule has 1 fully saturated rings. The number of rotatable bonds is 4. The number of halogens is 1. The third-order valence-corrected chi connectivity index (χ3v) is 4.17. The van der Waals surface area contributed by atoms with Crippen LogP contribution in [-0.2, 0) is 17.8 Å². The Morgan fingerprint density at radius 1 is 1.35 bits per heavy atom. The Morgan fingerprint density at radius 2 is 2.05 bits per heavy atom. The molecular formula is C16H23ClN2O. The van der Waals surface area contributed by atoms with Crippen molar-refractivity contribution in [3.63, 3.8) is 0 Å². The van der Waals surface area contributed by atoms with Crippen LogP contribution < -0.4 is 10.6 Å². The number of carbonyl (C=O) groups excluding carboxylic acids is 1. The van der Waals surface area contributed by atoms with E-state index in [1.165, 1.54) is 24.0 Å². The maximum Gasteiger partial charge on any atom is 0.237 e. The summed E-state index contributed by atoms with van der Waals surface area (Å²) in [6, 6.07) is 8.60. The van der Waals surface area contributed by atoms with E-state index in [0.717, 1.165) is 25.3 Å². The van der Waals surface area contributed by atoms with Crippen LogP contribution in [0.25, 0.3) is 0 Å². The third-order valence-electron chi connectivity index (χ3n) is 4.17. The van der Waals surface area contributed by atoms with Crippen LogP contribution in [0.4, 0.5) is 0 Å². The fourth-order valence-corrected chi connectivity index (χ4v) is 2.90. The molecule has 1 aromatic rings. The summed E-state index contributed by atoms with van der Waals surface area (Å²) >= 11 is 0. The van der Waals surface area contributed by atoms with Gasteiger partial charge in [0.25, 0.3) is 0 Å². The van der Waals surface area contributed by atoms with Gasteiger partial charge in [-0.1, -0.05) is 37.1 Å². The average Bonchev–Trinajstić information content (AvgIpc) is 3.21. The topological polar surface area (TPSA) is 41.1 Å². The summed E-state index contributed by atoms with van der Waals surface area (Å²) in [6.07, 6.45) is 4.62. The number of hydrogen-bond donors (Lipinski definition) is 2. The maximum atomic E-state index is 12.2. The number of carbonyl (C=O) groups is 1. The van der Waals surface area contributed by atoms with Gasteiger partial charge in [0.1, 0.15) is 0 Å². The second-order valence-corrected chi connectivity index (χ2v) is 6.00. The van der Waals surface area contributed by atoms with Crippen molar-refractivity contribution in [3.8, 4) is 0 Å². The van der Waals surface area contributed by atoms with E-state index in [-0.39, 0.29) is 24.4 Å². The molecule has 2 N–H and O–H groups in total. The van der Waals surface area contributed by atoms with Crippen LogP contribution in [0.2, 0.25) is 0 Å². The third kappa shape index (κ3) is 3.74. The van der Waals surface area contributed by atoms with Crippen molar-refractivity contribution >= 4 is 18.3 Å². The van der Waals surface area contributed by atoms with Crippen molar-refractivity contribution in [1.29, 1.82) is 0 Å². The van der Waals surface area contributed by atoms with Gasteiger partial charge in [-0.3, -0.25) is 4.79 Å². The molecule has 2 atom stereocenters. The van der Waals surface area contributed by atoms with Crippen molar-refractivity contribution < 1.29 is 4.79 Å². The molecule has 0 aromatic heterocycles. The second kappa shape index (κ2) is 6.59. The molecule has 0 spiro atoms. The molecule has 20 heavy (non-hydrogen) atoms. The summed E-state index contributed by atoms with van der Waals surface area (Å²) in [5.74, 6) is 1.01. The predicted molar refractivity (Wildman–Crippen MR) is 83.0 cm³/mol. The maximum absolute atomic E-state index is 12.2. The van der Waals surface area contributed by atoms with Gasteiger partial charge in [0.15, 0.2) is 0 Å². The molecule has 2 unspecified atom stereocenters. The van der Waals surface area contributed by atoms with Gasteiger partial charge in [0.2, 0.25) is 5.91 Å². The SMILES string of the molecule is CC(CC1CC1)NC(=O)C1Cc2ccccc2CN1.Cl. The molecule has 0 radical (unpaired) electrons. The van der Waals surface area contributed by atoms with E-state index in [2.05, 4.69) is 41.8 Å². The normalized spacial score (nSPS) is 22.4. The van der Waals surface area contributed by atoms with Gasteiger partial charge < -0.3 is 10.6 Å². The van der Waals surface area contributed by atoms with Crippen LogP contribution in [0.15, 0.2) is 24.3 Å². The van der Waals surface area contributed by atoms with Crippen molar-refractivity contribution in [2.75, 3.05) is 0 Å². The Labute approximate surface area is 126 Å². The van der Waals surface area contributed by atoms with Gasteiger partial charge in [0.05, 0.1) is 6.04 Å². The monoisotopic (exact) mass is 294 g/mol. The largest absolute Gasteiger partial charge is 0.352 e. The van der Waals surface area contributed by atoms with Gasteiger partial charge in [-0.25, -0.2) is 0 Å². The first-order valence-corrected chi connectivity index (χ1v) is 7.33. The number of fused-ring (bicyclic) bond motifs is 1. The zero-order valence-electron chi connectivity index (χ0n) is 11.9. The van der Waals surface area contributed by atoms with E-state index in [4.69, 9.17) is 0 Å². The number of amides is 1. The first-order chi connectivity index (χ1) is 9.22. The molecule has 0 saturated heterocycles. The lowest BCUT2D eigenvalue weighted by Gasteiger charge is -2.26. The molecular weight excluding hydrogens is 272 g/mol. The smallest absolute Gasteiger partial charge is 0.237 e. The molecule has 1 aliphatic heterocycles. The Kier molecular flexibility index (Phi) is 5.06. The van der Waals surface area contributed by atoms with Gasteiger partial charge >= 0.3 is 0 Å². The number of nitrogens with one attached hydrogen (secondary N) is 2. The van der Waals surface area contributed by atoms with Gasteiger partial charge in [0, 0.05) is 12.6 Å².